The van der Waals surface area contributed by atoms with E-state index in [1.807, 2.05) is 6.07 Å². The Morgan fingerprint density at radius 3 is 3.00 bits per heavy atom. The molecule has 3 atom stereocenters. The third-order valence-electron chi connectivity index (χ3n) is 4.38. The molecule has 98 valence electrons. The largest absolute Gasteiger partial charge is 0.381 e. The number of rotatable bonds is 2. The van der Waals surface area contributed by atoms with Gasteiger partial charge in [-0.2, -0.15) is 0 Å². The van der Waals surface area contributed by atoms with Crippen LogP contribution in [0.15, 0.2) is 24.3 Å². The highest BCUT2D eigenvalue weighted by molar-refractivity contribution is 5.23. The second-order valence-corrected chi connectivity index (χ2v) is 5.44. The van der Waals surface area contributed by atoms with Crippen LogP contribution >= 0.6 is 0 Å². The normalized spacial score (nSPS) is 32.6. The number of nitrogens with one attached hydrogen (secondary N) is 1. The minimum absolute atomic E-state index is 0.125. The van der Waals surface area contributed by atoms with Crippen molar-refractivity contribution in [2.45, 2.75) is 18.8 Å². The van der Waals surface area contributed by atoms with E-state index >= 15 is 0 Å². The van der Waals surface area contributed by atoms with E-state index in [0.29, 0.717) is 17.8 Å². The van der Waals surface area contributed by atoms with Crippen molar-refractivity contribution < 1.29 is 9.13 Å². The summed E-state index contributed by atoms with van der Waals surface area (Å²) >= 11 is 0. The Kier molecular flexibility index (Phi) is 3.62. The van der Waals surface area contributed by atoms with Crippen LogP contribution in [0.1, 0.15) is 24.3 Å². The molecule has 3 rings (SSSR count). The fourth-order valence-corrected chi connectivity index (χ4v) is 3.44. The van der Waals surface area contributed by atoms with Gasteiger partial charge in [-0.25, -0.2) is 4.39 Å². The van der Waals surface area contributed by atoms with Gasteiger partial charge in [0.15, 0.2) is 0 Å². The summed E-state index contributed by atoms with van der Waals surface area (Å²) in [7, 11) is 0. The maximum absolute atomic E-state index is 13.4. The van der Waals surface area contributed by atoms with Gasteiger partial charge >= 0.3 is 0 Å². The molecule has 2 fully saturated rings. The van der Waals surface area contributed by atoms with E-state index in [0.717, 1.165) is 38.3 Å². The van der Waals surface area contributed by atoms with Crippen LogP contribution in [0.3, 0.4) is 0 Å². The van der Waals surface area contributed by atoms with E-state index in [1.165, 1.54) is 12.5 Å². The van der Waals surface area contributed by atoms with Crippen molar-refractivity contribution in [3.8, 4) is 0 Å². The van der Waals surface area contributed by atoms with Gasteiger partial charge in [0.05, 0.1) is 0 Å². The quantitative estimate of drug-likeness (QED) is 0.869. The van der Waals surface area contributed by atoms with Crippen molar-refractivity contribution in [2.24, 2.45) is 11.8 Å². The van der Waals surface area contributed by atoms with Gasteiger partial charge in [0.1, 0.15) is 5.82 Å². The molecule has 2 aliphatic heterocycles. The molecule has 2 heterocycles. The van der Waals surface area contributed by atoms with E-state index < -0.39 is 0 Å². The average Bonchev–Trinajstić information content (AvgIpc) is 2.92. The smallest absolute Gasteiger partial charge is 0.123 e. The highest BCUT2D eigenvalue weighted by atomic mass is 19.1. The fourth-order valence-electron chi connectivity index (χ4n) is 3.44. The Balaban J connectivity index is 1.82. The lowest BCUT2D eigenvalue weighted by Gasteiger charge is -2.36. The van der Waals surface area contributed by atoms with Gasteiger partial charge in [0, 0.05) is 19.8 Å². The third-order valence-corrected chi connectivity index (χ3v) is 4.38. The molecule has 0 saturated carbocycles. The first kappa shape index (κ1) is 12.1. The van der Waals surface area contributed by atoms with Gasteiger partial charge in [-0.05, 0) is 54.8 Å². The highest BCUT2D eigenvalue weighted by Crippen LogP contribution is 2.38. The minimum Gasteiger partial charge on any atom is -0.381 e. The maximum Gasteiger partial charge on any atom is 0.123 e. The Labute approximate surface area is 108 Å². The molecular formula is C15H20FNO. The Hall–Kier alpha value is -0.930. The lowest BCUT2D eigenvalue weighted by molar-refractivity contribution is 0.154. The standard InChI is InChI=1S/C15H20FNO/c16-13-3-1-2-11(8-13)15-9-17-6-4-14(15)12-5-7-18-10-12/h1-3,8,12,14-15,17H,4-7,9-10H2. The molecule has 2 saturated heterocycles. The van der Waals surface area contributed by atoms with Crippen molar-refractivity contribution in [3.63, 3.8) is 0 Å². The van der Waals surface area contributed by atoms with Crippen molar-refractivity contribution in [2.75, 3.05) is 26.3 Å². The molecule has 3 unspecified atom stereocenters. The zero-order valence-electron chi connectivity index (χ0n) is 10.6. The zero-order valence-corrected chi connectivity index (χ0v) is 10.6. The van der Waals surface area contributed by atoms with E-state index in [-0.39, 0.29) is 5.82 Å². The second kappa shape index (κ2) is 5.37. The average molecular weight is 249 g/mol. The zero-order chi connectivity index (χ0) is 12.4. The van der Waals surface area contributed by atoms with Crippen LogP contribution in [0.4, 0.5) is 4.39 Å². The predicted octanol–water partition coefficient (Wildman–Crippen LogP) is 2.56. The first-order valence-electron chi connectivity index (χ1n) is 6.88. The lowest BCUT2D eigenvalue weighted by Crippen LogP contribution is -2.38. The predicted molar refractivity (Wildman–Crippen MR) is 69.0 cm³/mol. The number of benzene rings is 1. The maximum atomic E-state index is 13.4. The summed E-state index contributed by atoms with van der Waals surface area (Å²) in [6.45, 7) is 3.82. The first-order valence-corrected chi connectivity index (χ1v) is 6.88. The lowest BCUT2D eigenvalue weighted by atomic mass is 9.74. The first-order chi connectivity index (χ1) is 8.84. The van der Waals surface area contributed by atoms with Crippen LogP contribution in [0, 0.1) is 17.7 Å². The molecule has 0 amide bonds. The monoisotopic (exact) mass is 249 g/mol. The molecule has 1 aromatic rings. The van der Waals surface area contributed by atoms with Crippen molar-refractivity contribution in [3.05, 3.63) is 35.6 Å². The van der Waals surface area contributed by atoms with E-state index in [4.69, 9.17) is 4.74 Å². The van der Waals surface area contributed by atoms with Crippen molar-refractivity contribution >= 4 is 0 Å². The van der Waals surface area contributed by atoms with Crippen molar-refractivity contribution in [1.82, 2.24) is 5.32 Å². The Bertz CT molecular complexity index is 403. The van der Waals surface area contributed by atoms with Gasteiger partial charge in [0.25, 0.3) is 0 Å². The van der Waals surface area contributed by atoms with Gasteiger partial charge in [-0.1, -0.05) is 12.1 Å². The highest BCUT2D eigenvalue weighted by Gasteiger charge is 2.34. The number of ether oxygens (including phenoxy) is 1. The number of hydrogen-bond donors (Lipinski definition) is 1. The number of hydrogen-bond acceptors (Lipinski definition) is 2. The van der Waals surface area contributed by atoms with E-state index in [2.05, 4.69) is 11.4 Å². The summed E-state index contributed by atoms with van der Waals surface area (Å²) in [6.07, 6.45) is 2.34. The fraction of sp³-hybridized carbons (Fsp3) is 0.600. The molecular weight excluding hydrogens is 229 g/mol. The van der Waals surface area contributed by atoms with Gasteiger partial charge in [-0.3, -0.25) is 0 Å². The summed E-state index contributed by atoms with van der Waals surface area (Å²) in [4.78, 5) is 0. The van der Waals surface area contributed by atoms with Gasteiger partial charge in [0.2, 0.25) is 0 Å². The Morgan fingerprint density at radius 1 is 1.28 bits per heavy atom. The van der Waals surface area contributed by atoms with Crippen LogP contribution in [0.25, 0.3) is 0 Å². The molecule has 0 spiro atoms. The van der Waals surface area contributed by atoms with Crippen LogP contribution in [0.2, 0.25) is 0 Å². The third kappa shape index (κ3) is 2.43. The summed E-state index contributed by atoms with van der Waals surface area (Å²) < 4.78 is 18.9. The SMILES string of the molecule is Fc1cccc(C2CNCCC2C2CCOC2)c1. The second-order valence-electron chi connectivity index (χ2n) is 5.44. The molecule has 0 bridgehead atoms. The Morgan fingerprint density at radius 2 is 2.22 bits per heavy atom. The van der Waals surface area contributed by atoms with Crippen LogP contribution in [-0.2, 0) is 4.74 Å². The molecule has 1 aromatic carbocycles. The minimum atomic E-state index is -0.125. The summed E-state index contributed by atoms with van der Waals surface area (Å²) in [5, 5.41) is 3.44. The number of halogens is 1. The van der Waals surface area contributed by atoms with Crippen molar-refractivity contribution in [1.29, 1.82) is 0 Å². The van der Waals surface area contributed by atoms with Gasteiger partial charge < -0.3 is 10.1 Å². The molecule has 1 N–H and O–H groups in total. The van der Waals surface area contributed by atoms with Gasteiger partial charge in [-0.15, -0.1) is 0 Å². The molecule has 18 heavy (non-hydrogen) atoms. The van der Waals surface area contributed by atoms with Crippen LogP contribution < -0.4 is 5.32 Å². The van der Waals surface area contributed by atoms with E-state index in [1.54, 1.807) is 6.07 Å². The molecule has 0 aromatic heterocycles. The van der Waals surface area contributed by atoms with Crippen LogP contribution in [-0.4, -0.2) is 26.3 Å². The summed E-state index contributed by atoms with van der Waals surface area (Å²) in [5.74, 6) is 1.59. The molecule has 2 nitrogen and oxygen atoms in total. The molecule has 2 aliphatic rings. The summed E-state index contributed by atoms with van der Waals surface area (Å²) in [6, 6.07) is 7.10. The molecule has 0 aliphatic carbocycles. The van der Waals surface area contributed by atoms with Crippen LogP contribution in [0.5, 0.6) is 0 Å². The van der Waals surface area contributed by atoms with E-state index in [9.17, 15) is 4.39 Å². The topological polar surface area (TPSA) is 21.3 Å². The number of piperidine rings is 1. The molecule has 0 radical (unpaired) electrons. The molecule has 3 heteroatoms. The summed E-state index contributed by atoms with van der Waals surface area (Å²) in [5.41, 5.74) is 1.14.